The van der Waals surface area contributed by atoms with Crippen molar-refractivity contribution in [3.05, 3.63) is 0 Å². The van der Waals surface area contributed by atoms with Crippen LogP contribution in [0.15, 0.2) is 0 Å². The Labute approximate surface area is 71.4 Å². The first-order chi connectivity index (χ1) is 4.72. The molecule has 3 heteroatoms. The van der Waals surface area contributed by atoms with Crippen LogP contribution in [0.2, 0.25) is 0 Å². The van der Waals surface area contributed by atoms with Crippen molar-refractivity contribution >= 4 is 15.9 Å². The molecular formula is C7H16BrNO. The van der Waals surface area contributed by atoms with Crippen LogP contribution in [0.4, 0.5) is 0 Å². The molecule has 0 amide bonds. The number of nitrogens with zero attached hydrogens (tertiary/aromatic N) is 1. The fraction of sp³-hybridized carbons (Fsp3) is 1.00. The number of hydrogen-bond acceptors (Lipinski definition) is 2. The van der Waals surface area contributed by atoms with Crippen molar-refractivity contribution in [2.75, 3.05) is 25.0 Å². The van der Waals surface area contributed by atoms with Gasteiger partial charge >= 0.3 is 0 Å². The Morgan fingerprint density at radius 2 is 2.00 bits per heavy atom. The van der Waals surface area contributed by atoms with Gasteiger partial charge in [0, 0.05) is 24.5 Å². The normalized spacial score (nSPS) is 11.4. The van der Waals surface area contributed by atoms with E-state index in [1.807, 2.05) is 0 Å². The maximum Gasteiger partial charge on any atom is 0.0558 e. The number of alkyl halides is 1. The minimum Gasteiger partial charge on any atom is -0.395 e. The smallest absolute Gasteiger partial charge is 0.0558 e. The average Bonchev–Trinajstić information content (AvgIpc) is 1.87. The molecule has 0 atom stereocenters. The van der Waals surface area contributed by atoms with E-state index in [2.05, 4.69) is 34.7 Å². The highest BCUT2D eigenvalue weighted by Gasteiger charge is 2.05. The third kappa shape index (κ3) is 4.25. The summed E-state index contributed by atoms with van der Waals surface area (Å²) in [5, 5.41) is 9.63. The zero-order valence-electron chi connectivity index (χ0n) is 6.68. The summed E-state index contributed by atoms with van der Waals surface area (Å²) in [4.78, 5) is 2.23. The maximum atomic E-state index is 8.66. The number of aliphatic hydroxyl groups excluding tert-OH is 1. The molecule has 0 saturated carbocycles. The van der Waals surface area contributed by atoms with Crippen molar-refractivity contribution in [1.82, 2.24) is 4.90 Å². The molecular weight excluding hydrogens is 194 g/mol. The lowest BCUT2D eigenvalue weighted by Gasteiger charge is -2.24. The summed E-state index contributed by atoms with van der Waals surface area (Å²) in [6.45, 7) is 6.32. The third-order valence-corrected chi connectivity index (χ3v) is 1.84. The summed E-state index contributed by atoms with van der Waals surface area (Å²) in [5.74, 6) is 0. The summed E-state index contributed by atoms with van der Waals surface area (Å²) in [6.07, 6.45) is 0. The number of aliphatic hydroxyl groups is 1. The maximum absolute atomic E-state index is 8.66. The molecule has 10 heavy (non-hydrogen) atoms. The Kier molecular flexibility index (Phi) is 6.38. The molecule has 62 valence electrons. The Bertz CT molecular complexity index is 72.0. The van der Waals surface area contributed by atoms with Gasteiger partial charge in [0.25, 0.3) is 0 Å². The molecule has 1 N–H and O–H groups in total. The van der Waals surface area contributed by atoms with Crippen LogP contribution < -0.4 is 0 Å². The molecule has 0 rings (SSSR count). The molecule has 0 aromatic heterocycles. The van der Waals surface area contributed by atoms with E-state index >= 15 is 0 Å². The van der Waals surface area contributed by atoms with Gasteiger partial charge in [0.05, 0.1) is 6.61 Å². The van der Waals surface area contributed by atoms with Crippen LogP contribution in [0, 0.1) is 0 Å². The van der Waals surface area contributed by atoms with Gasteiger partial charge in [-0.25, -0.2) is 0 Å². The minimum absolute atomic E-state index is 0.255. The Hall–Kier alpha value is 0.400. The summed E-state index contributed by atoms with van der Waals surface area (Å²) < 4.78 is 0. The van der Waals surface area contributed by atoms with Crippen molar-refractivity contribution < 1.29 is 5.11 Å². The van der Waals surface area contributed by atoms with E-state index in [1.165, 1.54) is 0 Å². The lowest BCUT2D eigenvalue weighted by Crippen LogP contribution is -2.34. The van der Waals surface area contributed by atoms with E-state index in [-0.39, 0.29) is 6.61 Å². The fourth-order valence-corrected chi connectivity index (χ4v) is 1.32. The van der Waals surface area contributed by atoms with Gasteiger partial charge in [0.2, 0.25) is 0 Å². The van der Waals surface area contributed by atoms with Crippen molar-refractivity contribution in [3.8, 4) is 0 Å². The van der Waals surface area contributed by atoms with Crippen LogP contribution in [0.5, 0.6) is 0 Å². The van der Waals surface area contributed by atoms with Gasteiger partial charge in [-0.3, -0.25) is 4.90 Å². The van der Waals surface area contributed by atoms with E-state index in [0.29, 0.717) is 6.04 Å². The first kappa shape index (κ1) is 10.4. The van der Waals surface area contributed by atoms with Crippen molar-refractivity contribution in [2.24, 2.45) is 0 Å². The molecule has 0 spiro atoms. The van der Waals surface area contributed by atoms with Gasteiger partial charge in [-0.05, 0) is 13.8 Å². The topological polar surface area (TPSA) is 23.5 Å². The Balaban J connectivity index is 3.50. The second-order valence-electron chi connectivity index (χ2n) is 2.54. The molecule has 2 nitrogen and oxygen atoms in total. The van der Waals surface area contributed by atoms with Gasteiger partial charge in [-0.2, -0.15) is 0 Å². The van der Waals surface area contributed by atoms with Gasteiger partial charge in [0.1, 0.15) is 0 Å². The summed E-state index contributed by atoms with van der Waals surface area (Å²) in [5.41, 5.74) is 0. The lowest BCUT2D eigenvalue weighted by molar-refractivity contribution is 0.174. The lowest BCUT2D eigenvalue weighted by atomic mass is 10.3. The summed E-state index contributed by atoms with van der Waals surface area (Å²) in [7, 11) is 0. The van der Waals surface area contributed by atoms with Crippen molar-refractivity contribution in [2.45, 2.75) is 19.9 Å². The van der Waals surface area contributed by atoms with Crippen LogP contribution in [-0.2, 0) is 0 Å². The highest BCUT2D eigenvalue weighted by atomic mass is 79.9. The van der Waals surface area contributed by atoms with E-state index in [1.54, 1.807) is 0 Å². The zero-order valence-corrected chi connectivity index (χ0v) is 8.26. The van der Waals surface area contributed by atoms with Gasteiger partial charge in [-0.15, -0.1) is 0 Å². The van der Waals surface area contributed by atoms with E-state index in [0.717, 1.165) is 18.4 Å². The number of halogens is 1. The van der Waals surface area contributed by atoms with E-state index in [9.17, 15) is 0 Å². The average molecular weight is 210 g/mol. The number of rotatable bonds is 5. The van der Waals surface area contributed by atoms with Crippen LogP contribution in [0.3, 0.4) is 0 Å². The molecule has 0 fully saturated rings. The van der Waals surface area contributed by atoms with E-state index in [4.69, 9.17) is 5.11 Å². The molecule has 0 aliphatic heterocycles. The van der Waals surface area contributed by atoms with Crippen LogP contribution in [0.1, 0.15) is 13.8 Å². The molecule has 0 unspecified atom stereocenters. The van der Waals surface area contributed by atoms with Crippen LogP contribution in [0.25, 0.3) is 0 Å². The largest absolute Gasteiger partial charge is 0.395 e. The summed E-state index contributed by atoms with van der Waals surface area (Å²) >= 11 is 3.36. The van der Waals surface area contributed by atoms with E-state index < -0.39 is 0 Å². The standard InChI is InChI=1S/C7H16BrNO/c1-7(2)9(4-3-8)5-6-10/h7,10H,3-6H2,1-2H3. The molecule has 0 bridgehead atoms. The monoisotopic (exact) mass is 209 g/mol. The Morgan fingerprint density at radius 1 is 1.40 bits per heavy atom. The third-order valence-electron chi connectivity index (χ3n) is 1.49. The van der Waals surface area contributed by atoms with Crippen molar-refractivity contribution in [3.63, 3.8) is 0 Å². The second-order valence-corrected chi connectivity index (χ2v) is 3.34. The first-order valence-electron chi connectivity index (χ1n) is 3.63. The molecule has 0 radical (unpaired) electrons. The van der Waals surface area contributed by atoms with Crippen LogP contribution in [-0.4, -0.2) is 41.1 Å². The SMILES string of the molecule is CC(C)N(CCO)CCBr. The highest BCUT2D eigenvalue weighted by Crippen LogP contribution is 1.97. The number of hydrogen-bond donors (Lipinski definition) is 1. The van der Waals surface area contributed by atoms with Gasteiger partial charge in [-0.1, -0.05) is 15.9 Å². The highest BCUT2D eigenvalue weighted by molar-refractivity contribution is 9.09. The fourth-order valence-electron chi connectivity index (χ4n) is 0.865. The minimum atomic E-state index is 0.255. The molecule has 0 heterocycles. The Morgan fingerprint density at radius 3 is 2.30 bits per heavy atom. The summed E-state index contributed by atoms with van der Waals surface area (Å²) in [6, 6.07) is 0.532. The van der Waals surface area contributed by atoms with Crippen molar-refractivity contribution in [1.29, 1.82) is 0 Å². The molecule has 0 aliphatic carbocycles. The predicted molar refractivity (Wildman–Crippen MR) is 47.6 cm³/mol. The van der Waals surface area contributed by atoms with Gasteiger partial charge < -0.3 is 5.11 Å². The second kappa shape index (κ2) is 6.13. The molecule has 0 aromatic rings. The van der Waals surface area contributed by atoms with Crippen LogP contribution >= 0.6 is 15.9 Å². The quantitative estimate of drug-likeness (QED) is 0.686. The first-order valence-corrected chi connectivity index (χ1v) is 4.75. The molecule has 0 aromatic carbocycles. The molecule has 0 saturated heterocycles. The zero-order chi connectivity index (χ0) is 7.98. The van der Waals surface area contributed by atoms with Gasteiger partial charge in [0.15, 0.2) is 0 Å². The molecule has 0 aliphatic rings. The predicted octanol–water partition coefficient (Wildman–Crippen LogP) is 1.08.